The molecule has 0 aliphatic rings. The Labute approximate surface area is 71.3 Å². The zero-order valence-corrected chi connectivity index (χ0v) is 7.86. The van der Waals surface area contributed by atoms with Gasteiger partial charge in [0, 0.05) is 6.42 Å². The molecular weight excluding hydrogens is 192 g/mol. The summed E-state index contributed by atoms with van der Waals surface area (Å²) in [6, 6.07) is 0. The molecule has 0 saturated carbocycles. The summed E-state index contributed by atoms with van der Waals surface area (Å²) in [7, 11) is 0. The van der Waals surface area contributed by atoms with Gasteiger partial charge in [0.15, 0.2) is 0 Å². The molecular formula is C8H13BrO. The predicted molar refractivity (Wildman–Crippen MR) is 47.0 cm³/mol. The van der Waals surface area contributed by atoms with Gasteiger partial charge in [0.05, 0.1) is 6.61 Å². The Hall–Kier alpha value is 0. The zero-order valence-electron chi connectivity index (χ0n) is 6.27. The van der Waals surface area contributed by atoms with E-state index in [1.54, 1.807) is 0 Å². The summed E-state index contributed by atoms with van der Waals surface area (Å²) in [5.74, 6) is 2.52. The minimum absolute atomic E-state index is 0.186. The maximum atomic E-state index is 5.30. The fourth-order valence-corrected chi connectivity index (χ4v) is 1.20. The molecule has 0 N–H and O–H groups in total. The molecule has 0 amide bonds. The highest BCUT2D eigenvalue weighted by Gasteiger charge is 1.99. The summed E-state index contributed by atoms with van der Waals surface area (Å²) in [6.45, 7) is 2.78. The highest BCUT2D eigenvalue weighted by atomic mass is 79.9. The quantitative estimate of drug-likeness (QED) is 0.380. The van der Waals surface area contributed by atoms with Crippen molar-refractivity contribution in [1.82, 2.24) is 0 Å². The van der Waals surface area contributed by atoms with Crippen molar-refractivity contribution in [2.75, 3.05) is 6.61 Å². The van der Waals surface area contributed by atoms with Crippen molar-refractivity contribution < 1.29 is 4.74 Å². The first kappa shape index (κ1) is 10.0. The van der Waals surface area contributed by atoms with E-state index in [-0.39, 0.29) is 5.01 Å². The number of hydrogen-bond donors (Lipinski definition) is 0. The summed E-state index contributed by atoms with van der Waals surface area (Å²) in [5.41, 5.74) is 0. The second kappa shape index (κ2) is 7.11. The minimum Gasteiger partial charge on any atom is -0.366 e. The Morgan fingerprint density at radius 2 is 2.40 bits per heavy atom. The molecule has 0 spiro atoms. The number of alkyl halides is 1. The van der Waals surface area contributed by atoms with Crippen LogP contribution in [0.2, 0.25) is 0 Å². The molecule has 2 heteroatoms. The summed E-state index contributed by atoms with van der Waals surface area (Å²) in [4.78, 5) is 0. The summed E-state index contributed by atoms with van der Waals surface area (Å²) < 4.78 is 5.30. The molecule has 0 unspecified atom stereocenters. The summed E-state index contributed by atoms with van der Waals surface area (Å²) >= 11 is 3.38. The van der Waals surface area contributed by atoms with Crippen molar-refractivity contribution in [2.24, 2.45) is 0 Å². The summed E-state index contributed by atoms with van der Waals surface area (Å²) in [5, 5.41) is 0.186. The van der Waals surface area contributed by atoms with Crippen LogP contribution in [-0.2, 0) is 4.74 Å². The van der Waals surface area contributed by atoms with Crippen molar-refractivity contribution in [3.05, 3.63) is 0 Å². The molecule has 1 nitrogen and oxygen atoms in total. The van der Waals surface area contributed by atoms with E-state index >= 15 is 0 Å². The third-order valence-electron chi connectivity index (χ3n) is 1.06. The van der Waals surface area contributed by atoms with Gasteiger partial charge in [-0.1, -0.05) is 29.3 Å². The molecule has 0 fully saturated rings. The van der Waals surface area contributed by atoms with Gasteiger partial charge in [0.1, 0.15) is 5.01 Å². The number of rotatable bonds is 5. The van der Waals surface area contributed by atoms with Crippen LogP contribution in [-0.4, -0.2) is 11.6 Å². The van der Waals surface area contributed by atoms with Crippen molar-refractivity contribution in [3.63, 3.8) is 0 Å². The molecule has 0 radical (unpaired) electrons. The van der Waals surface area contributed by atoms with Crippen LogP contribution < -0.4 is 0 Å². The molecule has 0 aliphatic heterocycles. The lowest BCUT2D eigenvalue weighted by Gasteiger charge is -2.07. The van der Waals surface area contributed by atoms with E-state index < -0.39 is 0 Å². The van der Waals surface area contributed by atoms with E-state index in [0.29, 0.717) is 13.0 Å². The van der Waals surface area contributed by atoms with E-state index in [4.69, 9.17) is 11.2 Å². The van der Waals surface area contributed by atoms with Crippen molar-refractivity contribution in [2.45, 2.75) is 31.2 Å². The monoisotopic (exact) mass is 204 g/mol. The third-order valence-corrected chi connectivity index (χ3v) is 1.78. The van der Waals surface area contributed by atoms with Crippen LogP contribution in [0.3, 0.4) is 0 Å². The highest BCUT2D eigenvalue weighted by Crippen LogP contribution is 2.08. The first-order valence-corrected chi connectivity index (χ1v) is 4.42. The maximum Gasteiger partial charge on any atom is 0.112 e. The first-order valence-electron chi connectivity index (χ1n) is 3.50. The fourth-order valence-electron chi connectivity index (χ4n) is 0.556. The van der Waals surface area contributed by atoms with Crippen molar-refractivity contribution in [1.29, 1.82) is 0 Å². The molecule has 58 valence electrons. The third kappa shape index (κ3) is 6.12. The SMILES string of the molecule is C#CCCO[C@@H](Br)CCC. The van der Waals surface area contributed by atoms with Crippen molar-refractivity contribution >= 4 is 15.9 Å². The Bertz CT molecular complexity index is 106. The Morgan fingerprint density at radius 1 is 1.70 bits per heavy atom. The van der Waals surface area contributed by atoms with Crippen LogP contribution in [0.15, 0.2) is 0 Å². The molecule has 0 aromatic heterocycles. The number of terminal acetylenes is 1. The molecule has 0 heterocycles. The lowest BCUT2D eigenvalue weighted by Crippen LogP contribution is -2.04. The molecule has 0 aliphatic carbocycles. The molecule has 1 atom stereocenters. The van der Waals surface area contributed by atoms with Crippen LogP contribution in [0.1, 0.15) is 26.2 Å². The predicted octanol–water partition coefficient (Wildman–Crippen LogP) is 2.55. The van der Waals surface area contributed by atoms with Crippen LogP contribution in [0.5, 0.6) is 0 Å². The second-order valence-electron chi connectivity index (χ2n) is 2.02. The van der Waals surface area contributed by atoms with Gasteiger partial charge in [-0.15, -0.1) is 12.3 Å². The minimum atomic E-state index is 0.186. The molecule has 0 rings (SSSR count). The number of ether oxygens (including phenoxy) is 1. The standard InChI is InChI=1S/C8H13BrO/c1-3-5-7-10-8(9)6-4-2/h1,8H,4-7H2,2H3/t8-/m1/s1. The largest absolute Gasteiger partial charge is 0.366 e. The fraction of sp³-hybridized carbons (Fsp3) is 0.750. The lowest BCUT2D eigenvalue weighted by molar-refractivity contribution is 0.116. The van der Waals surface area contributed by atoms with E-state index in [1.807, 2.05) is 0 Å². The van der Waals surface area contributed by atoms with E-state index in [2.05, 4.69) is 28.8 Å². The smallest absolute Gasteiger partial charge is 0.112 e. The zero-order chi connectivity index (χ0) is 7.82. The molecule has 0 aromatic carbocycles. The van der Waals surface area contributed by atoms with E-state index in [9.17, 15) is 0 Å². The average Bonchev–Trinajstić information content (AvgIpc) is 1.89. The second-order valence-corrected chi connectivity index (χ2v) is 3.04. The van der Waals surface area contributed by atoms with Crippen LogP contribution in [0.25, 0.3) is 0 Å². The van der Waals surface area contributed by atoms with E-state index in [0.717, 1.165) is 12.8 Å². The van der Waals surface area contributed by atoms with Crippen LogP contribution in [0.4, 0.5) is 0 Å². The van der Waals surface area contributed by atoms with Crippen LogP contribution in [0, 0.1) is 12.3 Å². The van der Waals surface area contributed by atoms with Gasteiger partial charge in [-0.3, -0.25) is 0 Å². The first-order chi connectivity index (χ1) is 4.81. The lowest BCUT2D eigenvalue weighted by atomic mass is 10.4. The number of halogens is 1. The van der Waals surface area contributed by atoms with Gasteiger partial charge in [-0.25, -0.2) is 0 Å². The molecule has 0 bridgehead atoms. The topological polar surface area (TPSA) is 9.23 Å². The average molecular weight is 205 g/mol. The number of hydrogen-bond acceptors (Lipinski definition) is 1. The van der Waals surface area contributed by atoms with Gasteiger partial charge in [0.2, 0.25) is 0 Å². The van der Waals surface area contributed by atoms with Gasteiger partial charge in [-0.2, -0.15) is 0 Å². The molecule has 0 aromatic rings. The van der Waals surface area contributed by atoms with Crippen molar-refractivity contribution in [3.8, 4) is 12.3 Å². The van der Waals surface area contributed by atoms with Gasteiger partial charge < -0.3 is 4.74 Å². The normalized spacial score (nSPS) is 12.5. The van der Waals surface area contributed by atoms with Gasteiger partial charge in [-0.05, 0) is 6.42 Å². The van der Waals surface area contributed by atoms with E-state index in [1.165, 1.54) is 0 Å². The highest BCUT2D eigenvalue weighted by molar-refractivity contribution is 9.09. The Morgan fingerprint density at radius 3 is 2.90 bits per heavy atom. The Kier molecular flexibility index (Phi) is 7.11. The maximum absolute atomic E-state index is 5.30. The molecule has 0 saturated heterocycles. The summed E-state index contributed by atoms with van der Waals surface area (Å²) in [6.07, 6.45) is 7.92. The Balaban J connectivity index is 3.06. The van der Waals surface area contributed by atoms with Crippen LogP contribution >= 0.6 is 15.9 Å². The van der Waals surface area contributed by atoms with Gasteiger partial charge in [0.25, 0.3) is 0 Å². The van der Waals surface area contributed by atoms with Gasteiger partial charge >= 0.3 is 0 Å². The molecule has 10 heavy (non-hydrogen) atoms.